The molecular weight excluding hydrogens is 408 g/mol. The van der Waals surface area contributed by atoms with Crippen LogP contribution in [0.1, 0.15) is 22.9 Å². The molecule has 2 aliphatic rings. The maximum Gasteiger partial charge on any atom is 0.410 e. The fourth-order valence-electron chi connectivity index (χ4n) is 4.39. The summed E-state index contributed by atoms with van der Waals surface area (Å²) in [6, 6.07) is 12.1. The Balaban J connectivity index is 1.75. The Kier molecular flexibility index (Phi) is 4.55. The lowest BCUT2D eigenvalue weighted by Gasteiger charge is -2.40. The van der Waals surface area contributed by atoms with E-state index in [0.29, 0.717) is 17.9 Å². The van der Waals surface area contributed by atoms with Crippen LogP contribution in [-0.4, -0.2) is 47.6 Å². The maximum atomic E-state index is 12.9. The van der Waals surface area contributed by atoms with E-state index in [2.05, 4.69) is 4.98 Å². The molecule has 2 aromatic carbocycles. The molecule has 7 nitrogen and oxygen atoms in total. The first kappa shape index (κ1) is 18.8. The predicted molar refractivity (Wildman–Crippen MR) is 110 cm³/mol. The highest BCUT2D eigenvalue weighted by atomic mass is 35.5. The number of benzene rings is 2. The number of amides is 1. The van der Waals surface area contributed by atoms with Gasteiger partial charge in [0.05, 0.1) is 13.0 Å². The van der Waals surface area contributed by atoms with Gasteiger partial charge < -0.3 is 19.2 Å². The van der Waals surface area contributed by atoms with Crippen LogP contribution in [0.3, 0.4) is 0 Å². The Hall–Kier alpha value is -3.19. The summed E-state index contributed by atoms with van der Waals surface area (Å²) >= 11 is 5.92. The first-order valence-electron chi connectivity index (χ1n) is 9.56. The Morgan fingerprint density at radius 1 is 1.20 bits per heavy atom. The van der Waals surface area contributed by atoms with Crippen LogP contribution in [0.5, 0.6) is 11.5 Å². The average molecular weight is 427 g/mol. The van der Waals surface area contributed by atoms with Gasteiger partial charge in [0.15, 0.2) is 17.3 Å². The molecule has 0 bridgehead atoms. The van der Waals surface area contributed by atoms with E-state index in [0.717, 1.165) is 27.7 Å². The molecule has 0 radical (unpaired) electrons. The van der Waals surface area contributed by atoms with Gasteiger partial charge in [-0.05, 0) is 29.3 Å². The molecule has 2 aliphatic heterocycles. The fraction of sp³-hybridized carbons (Fsp3) is 0.273. The van der Waals surface area contributed by atoms with Crippen molar-refractivity contribution < 1.29 is 23.8 Å². The number of nitrogens with one attached hydrogen (secondary N) is 1. The lowest BCUT2D eigenvalue weighted by Crippen LogP contribution is -2.51. The van der Waals surface area contributed by atoms with E-state index in [-0.39, 0.29) is 18.5 Å². The SMILES string of the molecule is COC(=O)N1[C@@H](c2ccc3c(c2)OCO3)c2[nH]c3ccccc3c2C[C@@H]1C(=O)CCl. The number of hydrogen-bond acceptors (Lipinski definition) is 5. The molecule has 0 aliphatic carbocycles. The number of hydrogen-bond donors (Lipinski definition) is 1. The largest absolute Gasteiger partial charge is 0.454 e. The van der Waals surface area contributed by atoms with E-state index in [1.807, 2.05) is 42.5 Å². The van der Waals surface area contributed by atoms with Gasteiger partial charge in [0.1, 0.15) is 12.1 Å². The number of carbonyl (C=O) groups excluding carboxylic acids is 2. The summed E-state index contributed by atoms with van der Waals surface area (Å²) < 4.78 is 16.0. The van der Waals surface area contributed by atoms with E-state index in [9.17, 15) is 9.59 Å². The monoisotopic (exact) mass is 426 g/mol. The van der Waals surface area contributed by atoms with Crippen molar-refractivity contribution in [1.29, 1.82) is 0 Å². The van der Waals surface area contributed by atoms with Gasteiger partial charge in [-0.25, -0.2) is 4.79 Å². The predicted octanol–water partition coefficient (Wildman–Crippen LogP) is 3.79. The van der Waals surface area contributed by atoms with E-state index in [4.69, 9.17) is 25.8 Å². The van der Waals surface area contributed by atoms with Crippen LogP contribution >= 0.6 is 11.6 Å². The fourth-order valence-corrected chi connectivity index (χ4v) is 4.57. The molecule has 0 fully saturated rings. The normalized spacial score (nSPS) is 19.6. The summed E-state index contributed by atoms with van der Waals surface area (Å²) in [5, 5.41) is 1.02. The number of carbonyl (C=O) groups is 2. The molecule has 3 heterocycles. The standard InChI is InChI=1S/C22H19ClN2O5/c1-28-22(27)25-16(17(26)10-23)9-14-13-4-2-3-5-15(13)24-20(14)21(25)12-6-7-18-19(8-12)30-11-29-18/h2-8,16,21,24H,9-11H2,1H3/t16-,21+/m1/s1. The van der Waals surface area contributed by atoms with Gasteiger partial charge in [-0.1, -0.05) is 24.3 Å². The van der Waals surface area contributed by atoms with Crippen molar-refractivity contribution in [1.82, 2.24) is 9.88 Å². The highest BCUT2D eigenvalue weighted by Crippen LogP contribution is 2.44. The highest BCUT2D eigenvalue weighted by molar-refractivity contribution is 6.28. The third-order valence-corrected chi connectivity index (χ3v) is 6.00. The smallest absolute Gasteiger partial charge is 0.410 e. The summed E-state index contributed by atoms with van der Waals surface area (Å²) in [4.78, 5) is 30.6. The van der Waals surface area contributed by atoms with Crippen molar-refractivity contribution in [2.45, 2.75) is 18.5 Å². The Morgan fingerprint density at radius 3 is 2.80 bits per heavy atom. The molecule has 0 unspecified atom stereocenters. The summed E-state index contributed by atoms with van der Waals surface area (Å²) in [5.41, 5.74) is 3.57. The first-order chi connectivity index (χ1) is 14.6. The maximum absolute atomic E-state index is 12.9. The molecule has 2 atom stereocenters. The van der Waals surface area contributed by atoms with Crippen LogP contribution in [0.4, 0.5) is 4.79 Å². The van der Waals surface area contributed by atoms with E-state index in [1.165, 1.54) is 12.0 Å². The third kappa shape index (κ3) is 2.81. The van der Waals surface area contributed by atoms with Crippen LogP contribution in [0, 0.1) is 0 Å². The highest BCUT2D eigenvalue weighted by Gasteiger charge is 2.44. The number of aromatic nitrogens is 1. The number of nitrogens with zero attached hydrogens (tertiary/aromatic N) is 1. The lowest BCUT2D eigenvalue weighted by molar-refractivity contribution is -0.122. The summed E-state index contributed by atoms with van der Waals surface area (Å²) in [6.07, 6.45) is -0.230. The van der Waals surface area contributed by atoms with Crippen LogP contribution in [0.2, 0.25) is 0 Å². The second-order valence-electron chi connectivity index (χ2n) is 7.28. The Morgan fingerprint density at radius 2 is 2.00 bits per heavy atom. The van der Waals surface area contributed by atoms with Gasteiger partial charge in [0, 0.05) is 23.0 Å². The molecule has 154 valence electrons. The van der Waals surface area contributed by atoms with Crippen LogP contribution < -0.4 is 9.47 Å². The van der Waals surface area contributed by atoms with E-state index >= 15 is 0 Å². The van der Waals surface area contributed by atoms with Crippen LogP contribution in [0.25, 0.3) is 10.9 Å². The third-order valence-electron chi connectivity index (χ3n) is 5.73. The van der Waals surface area contributed by atoms with Gasteiger partial charge in [-0.15, -0.1) is 11.6 Å². The molecule has 1 N–H and O–H groups in total. The molecule has 0 saturated heterocycles. The number of fused-ring (bicyclic) bond motifs is 4. The number of halogens is 1. The molecule has 8 heteroatoms. The molecule has 1 amide bonds. The number of alkyl halides is 1. The summed E-state index contributed by atoms with van der Waals surface area (Å²) in [5.74, 6) is 0.818. The molecule has 1 aromatic heterocycles. The minimum atomic E-state index is -0.739. The number of rotatable bonds is 3. The van der Waals surface area contributed by atoms with E-state index < -0.39 is 18.2 Å². The van der Waals surface area contributed by atoms with Crippen LogP contribution in [-0.2, 0) is 16.0 Å². The topological polar surface area (TPSA) is 80.9 Å². The average Bonchev–Trinajstić information content (AvgIpc) is 3.40. The Labute approximate surface area is 177 Å². The van der Waals surface area contributed by atoms with Gasteiger partial charge in [0.25, 0.3) is 0 Å². The van der Waals surface area contributed by atoms with Gasteiger partial charge in [-0.3, -0.25) is 9.69 Å². The molecule has 3 aromatic rings. The number of methoxy groups -OCH3 is 1. The van der Waals surface area contributed by atoms with Crippen molar-refractivity contribution in [2.75, 3.05) is 19.8 Å². The molecule has 30 heavy (non-hydrogen) atoms. The number of Topliss-reactive ketones (excluding diaryl/α,β-unsaturated/α-hetero) is 1. The van der Waals surface area contributed by atoms with Crippen molar-refractivity contribution in [2.24, 2.45) is 0 Å². The zero-order chi connectivity index (χ0) is 20.8. The first-order valence-corrected chi connectivity index (χ1v) is 10.1. The van der Waals surface area contributed by atoms with E-state index in [1.54, 1.807) is 0 Å². The van der Waals surface area contributed by atoms with Crippen LogP contribution in [0.15, 0.2) is 42.5 Å². The minimum Gasteiger partial charge on any atom is -0.454 e. The van der Waals surface area contributed by atoms with Gasteiger partial charge in [0.2, 0.25) is 6.79 Å². The second kappa shape index (κ2) is 7.25. The molecule has 0 spiro atoms. The number of ketones is 1. The van der Waals surface area contributed by atoms with Gasteiger partial charge >= 0.3 is 6.09 Å². The number of para-hydroxylation sites is 1. The minimum absolute atomic E-state index is 0.148. The molecular formula is C22H19ClN2O5. The number of H-pyrrole nitrogens is 1. The quantitative estimate of drug-likeness (QED) is 0.644. The van der Waals surface area contributed by atoms with Crippen molar-refractivity contribution in [3.63, 3.8) is 0 Å². The second-order valence-corrected chi connectivity index (χ2v) is 7.54. The Bertz CT molecular complexity index is 1160. The number of ether oxygens (including phenoxy) is 3. The number of aromatic amines is 1. The van der Waals surface area contributed by atoms with Gasteiger partial charge in [-0.2, -0.15) is 0 Å². The lowest BCUT2D eigenvalue weighted by atomic mass is 9.87. The summed E-state index contributed by atoms with van der Waals surface area (Å²) in [6.45, 7) is 0.148. The molecule has 5 rings (SSSR count). The van der Waals surface area contributed by atoms with Crippen molar-refractivity contribution in [3.05, 3.63) is 59.3 Å². The zero-order valence-electron chi connectivity index (χ0n) is 16.2. The molecule has 0 saturated carbocycles. The summed E-state index contributed by atoms with van der Waals surface area (Å²) in [7, 11) is 1.31. The van der Waals surface area contributed by atoms with Crippen molar-refractivity contribution >= 4 is 34.4 Å². The van der Waals surface area contributed by atoms with Crippen molar-refractivity contribution in [3.8, 4) is 11.5 Å². The zero-order valence-corrected chi connectivity index (χ0v) is 16.9.